The number of hydrogen-bond donors (Lipinski definition) is 1. The van der Waals surface area contributed by atoms with E-state index in [4.69, 9.17) is 25.5 Å². The van der Waals surface area contributed by atoms with Gasteiger partial charge >= 0.3 is 0 Å². The number of ether oxygens (including phenoxy) is 2. The summed E-state index contributed by atoms with van der Waals surface area (Å²) < 4.78 is 17.1. The molecule has 4 rings (SSSR count). The molecule has 0 unspecified atom stereocenters. The van der Waals surface area contributed by atoms with Gasteiger partial charge in [-0.2, -0.15) is 0 Å². The van der Waals surface area contributed by atoms with Crippen molar-refractivity contribution < 1.29 is 18.7 Å². The van der Waals surface area contributed by atoms with Crippen molar-refractivity contribution in [3.63, 3.8) is 0 Å². The van der Waals surface area contributed by atoms with Gasteiger partial charge in [-0.05, 0) is 60.5 Å². The highest BCUT2D eigenvalue weighted by molar-refractivity contribution is 6.30. The molecule has 0 fully saturated rings. The van der Waals surface area contributed by atoms with Crippen molar-refractivity contribution in [2.75, 3.05) is 19.0 Å². The number of hydrogen-bond acceptors (Lipinski definition) is 5. The zero-order valence-corrected chi connectivity index (χ0v) is 18.9. The van der Waals surface area contributed by atoms with Crippen LogP contribution in [0.3, 0.4) is 0 Å². The number of rotatable bonds is 7. The van der Waals surface area contributed by atoms with Gasteiger partial charge < -0.3 is 19.2 Å². The Morgan fingerprint density at radius 3 is 2.55 bits per heavy atom. The zero-order valence-electron chi connectivity index (χ0n) is 18.2. The van der Waals surface area contributed by atoms with Crippen molar-refractivity contribution in [2.24, 2.45) is 0 Å². The Labute approximate surface area is 195 Å². The van der Waals surface area contributed by atoms with Crippen molar-refractivity contribution in [1.29, 1.82) is 0 Å². The normalized spacial score (nSPS) is 10.8. The topological polar surface area (TPSA) is 77.8 Å². The van der Waals surface area contributed by atoms with Gasteiger partial charge in [-0.25, -0.2) is 0 Å². The average molecular weight is 464 g/mol. The van der Waals surface area contributed by atoms with Crippen molar-refractivity contribution in [3.05, 3.63) is 87.5 Å². The second kappa shape index (κ2) is 9.79. The quantitative estimate of drug-likeness (QED) is 0.380. The molecule has 0 spiro atoms. The second-order valence-corrected chi connectivity index (χ2v) is 7.75. The summed E-state index contributed by atoms with van der Waals surface area (Å²) in [7, 11) is 1.52. The Balaban J connectivity index is 1.70. The lowest BCUT2D eigenvalue weighted by molar-refractivity contribution is -0.118. The summed E-state index contributed by atoms with van der Waals surface area (Å²) in [6, 6.07) is 19.3. The first kappa shape index (κ1) is 22.4. The third-order valence-electron chi connectivity index (χ3n) is 5.16. The highest BCUT2D eigenvalue weighted by atomic mass is 35.5. The van der Waals surface area contributed by atoms with Crippen molar-refractivity contribution in [1.82, 2.24) is 0 Å². The summed E-state index contributed by atoms with van der Waals surface area (Å²) in [4.78, 5) is 25.9. The third-order valence-corrected chi connectivity index (χ3v) is 5.41. The van der Waals surface area contributed by atoms with Crippen LogP contribution in [0.4, 0.5) is 5.69 Å². The van der Waals surface area contributed by atoms with Gasteiger partial charge in [-0.15, -0.1) is 0 Å². The lowest BCUT2D eigenvalue weighted by Crippen LogP contribution is -2.23. The summed E-state index contributed by atoms with van der Waals surface area (Å²) in [5.74, 6) is 0.278. The molecule has 0 bridgehead atoms. The zero-order chi connectivity index (χ0) is 23.4. The number of carbonyl (C=O) groups excluding carboxylic acids is 1. The average Bonchev–Trinajstić information content (AvgIpc) is 2.84. The first-order valence-electron chi connectivity index (χ1n) is 10.4. The van der Waals surface area contributed by atoms with Gasteiger partial charge in [-0.3, -0.25) is 9.59 Å². The van der Waals surface area contributed by atoms with Crippen LogP contribution in [0.5, 0.6) is 11.5 Å². The van der Waals surface area contributed by atoms with E-state index in [1.807, 2.05) is 13.0 Å². The number of amides is 1. The molecule has 0 aliphatic rings. The van der Waals surface area contributed by atoms with Gasteiger partial charge in [0, 0.05) is 10.6 Å². The number of halogens is 1. The molecule has 0 radical (unpaired) electrons. The number of aryl methyl sites for hydroxylation is 1. The van der Waals surface area contributed by atoms with E-state index in [1.165, 1.54) is 7.11 Å². The van der Waals surface area contributed by atoms with Crippen LogP contribution in [0.2, 0.25) is 5.02 Å². The number of nitrogens with one attached hydrogen (secondary N) is 1. The monoisotopic (exact) mass is 463 g/mol. The predicted octanol–water partition coefficient (Wildman–Crippen LogP) is 5.70. The maximum absolute atomic E-state index is 13.4. The summed E-state index contributed by atoms with van der Waals surface area (Å²) in [5, 5.41) is 3.68. The number of carbonyl (C=O) groups is 1. The number of para-hydroxylation sites is 2. The number of fused-ring (bicyclic) bond motifs is 1. The minimum Gasteiger partial charge on any atom is -0.495 e. The van der Waals surface area contributed by atoms with Crippen molar-refractivity contribution in [2.45, 2.75) is 13.3 Å². The molecule has 33 heavy (non-hydrogen) atoms. The van der Waals surface area contributed by atoms with E-state index >= 15 is 0 Å². The van der Waals surface area contributed by atoms with E-state index in [2.05, 4.69) is 5.32 Å². The SMILES string of the molecule is CCc1ccc2oc(-c3ccc(Cl)cc3)c(OCC(=O)Nc3ccccc3OC)c(=O)c2c1. The van der Waals surface area contributed by atoms with E-state index in [-0.39, 0.29) is 23.5 Å². The number of anilines is 1. The highest BCUT2D eigenvalue weighted by Gasteiger charge is 2.19. The fourth-order valence-corrected chi connectivity index (χ4v) is 3.57. The summed E-state index contributed by atoms with van der Waals surface area (Å²) in [6.07, 6.45) is 0.770. The molecule has 0 aliphatic heterocycles. The van der Waals surface area contributed by atoms with Crippen LogP contribution in [-0.4, -0.2) is 19.6 Å². The Kier molecular flexibility index (Phi) is 6.66. The molecule has 7 heteroatoms. The molecule has 4 aromatic rings. The van der Waals surface area contributed by atoms with Crippen LogP contribution in [-0.2, 0) is 11.2 Å². The van der Waals surface area contributed by atoms with E-state index < -0.39 is 5.91 Å². The molecular weight excluding hydrogens is 442 g/mol. The van der Waals surface area contributed by atoms with Gasteiger partial charge in [0.25, 0.3) is 5.91 Å². The van der Waals surface area contributed by atoms with Crippen molar-refractivity contribution >= 4 is 34.2 Å². The minimum absolute atomic E-state index is 0.0340. The molecule has 0 aliphatic carbocycles. The van der Waals surface area contributed by atoms with Crippen LogP contribution < -0.4 is 20.2 Å². The Bertz CT molecular complexity index is 1360. The highest BCUT2D eigenvalue weighted by Crippen LogP contribution is 2.32. The lowest BCUT2D eigenvalue weighted by atomic mass is 10.1. The van der Waals surface area contributed by atoms with Crippen molar-refractivity contribution in [3.8, 4) is 22.8 Å². The smallest absolute Gasteiger partial charge is 0.262 e. The summed E-state index contributed by atoms with van der Waals surface area (Å²) in [5.41, 5.74) is 2.20. The van der Waals surface area contributed by atoms with E-state index in [0.717, 1.165) is 12.0 Å². The fourth-order valence-electron chi connectivity index (χ4n) is 3.44. The van der Waals surface area contributed by atoms with E-state index in [9.17, 15) is 9.59 Å². The Hall–Kier alpha value is -3.77. The fraction of sp³-hybridized carbons (Fsp3) is 0.154. The van der Waals surface area contributed by atoms with Gasteiger partial charge in [0.2, 0.25) is 11.2 Å². The van der Waals surface area contributed by atoms with E-state index in [0.29, 0.717) is 33.0 Å². The van der Waals surface area contributed by atoms with Crippen LogP contribution in [0.1, 0.15) is 12.5 Å². The van der Waals surface area contributed by atoms with Gasteiger partial charge in [0.15, 0.2) is 12.4 Å². The molecule has 0 saturated heterocycles. The van der Waals surface area contributed by atoms with Gasteiger partial charge in [0.1, 0.15) is 11.3 Å². The molecule has 1 heterocycles. The molecule has 1 aromatic heterocycles. The lowest BCUT2D eigenvalue weighted by Gasteiger charge is -2.13. The second-order valence-electron chi connectivity index (χ2n) is 7.32. The third kappa shape index (κ3) is 4.86. The maximum Gasteiger partial charge on any atom is 0.262 e. The molecule has 3 aromatic carbocycles. The Morgan fingerprint density at radius 2 is 1.82 bits per heavy atom. The molecule has 0 saturated carbocycles. The van der Waals surface area contributed by atoms with Crippen LogP contribution >= 0.6 is 11.6 Å². The molecule has 6 nitrogen and oxygen atoms in total. The first-order chi connectivity index (χ1) is 16.0. The van der Waals surface area contributed by atoms with Gasteiger partial charge in [-0.1, -0.05) is 36.7 Å². The number of benzene rings is 3. The molecule has 1 amide bonds. The Morgan fingerprint density at radius 1 is 1.06 bits per heavy atom. The molecular formula is C26H22ClNO5. The van der Waals surface area contributed by atoms with E-state index in [1.54, 1.807) is 60.7 Å². The summed E-state index contributed by atoms with van der Waals surface area (Å²) in [6.45, 7) is 1.62. The standard InChI is InChI=1S/C26H22ClNO5/c1-3-16-8-13-21-19(14-16)24(30)26(25(33-21)17-9-11-18(27)12-10-17)32-15-23(29)28-20-6-4-5-7-22(20)31-2/h4-14H,3,15H2,1-2H3,(H,28,29). The van der Waals surface area contributed by atoms with Crippen LogP contribution in [0, 0.1) is 0 Å². The largest absolute Gasteiger partial charge is 0.495 e. The first-order valence-corrected chi connectivity index (χ1v) is 10.8. The summed E-state index contributed by atoms with van der Waals surface area (Å²) >= 11 is 6.02. The predicted molar refractivity (Wildman–Crippen MR) is 129 cm³/mol. The van der Waals surface area contributed by atoms with Crippen LogP contribution in [0.15, 0.2) is 75.9 Å². The number of methoxy groups -OCH3 is 1. The molecule has 1 N–H and O–H groups in total. The van der Waals surface area contributed by atoms with Gasteiger partial charge in [0.05, 0.1) is 18.2 Å². The van der Waals surface area contributed by atoms with Crippen LogP contribution in [0.25, 0.3) is 22.3 Å². The minimum atomic E-state index is -0.441. The maximum atomic E-state index is 13.4. The molecule has 168 valence electrons. The molecule has 0 atom stereocenters.